The molecule has 0 atom stereocenters. The topological polar surface area (TPSA) is 44.8 Å². The molecule has 0 radical (unpaired) electrons. The number of pyridine rings is 1. The third-order valence-corrected chi connectivity index (χ3v) is 6.28. The highest BCUT2D eigenvalue weighted by molar-refractivity contribution is 6.29. The van der Waals surface area contributed by atoms with E-state index in [2.05, 4.69) is 4.98 Å². The van der Waals surface area contributed by atoms with Gasteiger partial charge in [-0.1, -0.05) is 23.7 Å². The lowest BCUT2D eigenvalue weighted by Crippen LogP contribution is -2.25. The summed E-state index contributed by atoms with van der Waals surface area (Å²) in [7, 11) is 0. The molecule has 1 aliphatic rings. The van der Waals surface area contributed by atoms with Gasteiger partial charge < -0.3 is 4.57 Å². The van der Waals surface area contributed by atoms with Gasteiger partial charge in [-0.05, 0) is 56.0 Å². The number of alkyl halides is 3. The second-order valence-corrected chi connectivity index (χ2v) is 8.84. The van der Waals surface area contributed by atoms with Gasteiger partial charge in [-0.3, -0.25) is 9.13 Å². The van der Waals surface area contributed by atoms with Crippen molar-refractivity contribution in [2.75, 3.05) is 0 Å². The summed E-state index contributed by atoms with van der Waals surface area (Å²) in [6, 6.07) is 11.3. The first-order valence-electron chi connectivity index (χ1n) is 10.6. The molecule has 1 aliphatic carbocycles. The Hall–Kier alpha value is -2.74. The van der Waals surface area contributed by atoms with Gasteiger partial charge >= 0.3 is 11.9 Å². The summed E-state index contributed by atoms with van der Waals surface area (Å²) in [5.74, 6) is 0. The fourth-order valence-electron chi connectivity index (χ4n) is 4.49. The largest absolute Gasteiger partial charge is 0.389 e. The zero-order valence-electron chi connectivity index (χ0n) is 17.5. The van der Waals surface area contributed by atoms with Gasteiger partial charge in [-0.15, -0.1) is 0 Å². The van der Waals surface area contributed by atoms with Crippen molar-refractivity contribution in [2.24, 2.45) is 0 Å². The highest BCUT2D eigenvalue weighted by atomic mass is 35.5. The summed E-state index contributed by atoms with van der Waals surface area (Å²) in [5.41, 5.74) is 4.76. The third kappa shape index (κ3) is 3.81. The average Bonchev–Trinajstić information content (AvgIpc) is 3.44. The van der Waals surface area contributed by atoms with E-state index in [4.69, 9.17) is 11.6 Å². The molecular weight excluding hydrogens is 441 g/mol. The number of fused-ring (bicyclic) bond motifs is 2. The molecule has 9 heteroatoms. The second kappa shape index (κ2) is 7.69. The molecule has 32 heavy (non-hydrogen) atoms. The van der Waals surface area contributed by atoms with Crippen molar-refractivity contribution >= 4 is 33.7 Å². The van der Waals surface area contributed by atoms with E-state index in [1.807, 2.05) is 40.3 Å². The summed E-state index contributed by atoms with van der Waals surface area (Å²) < 4.78 is 43.7. The van der Waals surface area contributed by atoms with E-state index in [0.29, 0.717) is 16.2 Å². The smallest absolute Gasteiger partial charge is 0.342 e. The lowest BCUT2D eigenvalue weighted by molar-refractivity contribution is -0.135. The van der Waals surface area contributed by atoms with Gasteiger partial charge in [0.25, 0.3) is 0 Å². The number of aryl methyl sites for hydroxylation is 2. The van der Waals surface area contributed by atoms with E-state index in [1.54, 1.807) is 16.7 Å². The Labute approximate surface area is 187 Å². The Morgan fingerprint density at radius 2 is 1.91 bits per heavy atom. The maximum atomic E-state index is 13.4. The number of benzene rings is 1. The van der Waals surface area contributed by atoms with Crippen LogP contribution in [0.4, 0.5) is 13.2 Å². The second-order valence-electron chi connectivity index (χ2n) is 8.46. The Bertz CT molecular complexity index is 1380. The molecule has 1 aromatic carbocycles. The number of nitrogens with zero attached hydrogens (tertiary/aromatic N) is 4. The highest BCUT2D eigenvalue weighted by Crippen LogP contribution is 2.37. The van der Waals surface area contributed by atoms with E-state index in [-0.39, 0.29) is 31.2 Å². The summed E-state index contributed by atoms with van der Waals surface area (Å²) in [5, 5.41) is 0.314. The lowest BCUT2D eigenvalue weighted by atomic mass is 10.2. The molecular formula is C23H22ClF3N4O. The van der Waals surface area contributed by atoms with Gasteiger partial charge in [-0.25, -0.2) is 9.78 Å². The van der Waals surface area contributed by atoms with Crippen LogP contribution in [0.15, 0.2) is 41.2 Å². The molecule has 5 rings (SSSR count). The maximum absolute atomic E-state index is 13.4. The van der Waals surface area contributed by atoms with Crippen LogP contribution < -0.4 is 5.69 Å². The number of halogens is 4. The lowest BCUT2D eigenvalue weighted by Gasteiger charge is -2.12. The molecule has 0 bridgehead atoms. The minimum absolute atomic E-state index is 0.0548. The van der Waals surface area contributed by atoms with Crippen LogP contribution in [-0.4, -0.2) is 24.9 Å². The average molecular weight is 463 g/mol. The van der Waals surface area contributed by atoms with Crippen LogP contribution in [0.1, 0.15) is 43.0 Å². The first-order valence-corrected chi connectivity index (χ1v) is 11.0. The number of rotatable bonds is 6. The Morgan fingerprint density at radius 3 is 2.62 bits per heavy atom. The molecule has 0 N–H and O–H groups in total. The molecule has 1 saturated carbocycles. The highest BCUT2D eigenvalue weighted by Gasteiger charge is 2.30. The quantitative estimate of drug-likeness (QED) is 0.338. The van der Waals surface area contributed by atoms with E-state index in [0.717, 1.165) is 35.1 Å². The summed E-state index contributed by atoms with van der Waals surface area (Å²) in [4.78, 5) is 17.7. The number of para-hydroxylation sites is 1. The van der Waals surface area contributed by atoms with Gasteiger partial charge in [0.05, 0.1) is 28.6 Å². The van der Waals surface area contributed by atoms with Gasteiger partial charge in [0.15, 0.2) is 0 Å². The van der Waals surface area contributed by atoms with Crippen molar-refractivity contribution in [1.29, 1.82) is 0 Å². The van der Waals surface area contributed by atoms with Gasteiger partial charge in [0, 0.05) is 24.7 Å². The molecule has 0 aliphatic heterocycles. The number of hydrogen-bond acceptors (Lipinski definition) is 2. The van der Waals surface area contributed by atoms with Crippen LogP contribution >= 0.6 is 11.6 Å². The van der Waals surface area contributed by atoms with Gasteiger partial charge in [-0.2, -0.15) is 13.2 Å². The van der Waals surface area contributed by atoms with Crippen molar-refractivity contribution in [1.82, 2.24) is 18.7 Å². The van der Waals surface area contributed by atoms with Crippen LogP contribution in [0.3, 0.4) is 0 Å². The molecule has 0 saturated heterocycles. The molecule has 0 amide bonds. The molecule has 3 heterocycles. The zero-order chi connectivity index (χ0) is 22.6. The predicted molar refractivity (Wildman–Crippen MR) is 118 cm³/mol. The maximum Gasteiger partial charge on any atom is 0.389 e. The van der Waals surface area contributed by atoms with Gasteiger partial charge in [0.2, 0.25) is 0 Å². The molecule has 5 nitrogen and oxygen atoms in total. The zero-order valence-corrected chi connectivity index (χ0v) is 18.2. The van der Waals surface area contributed by atoms with E-state index in [9.17, 15) is 18.0 Å². The standard InChI is InChI=1S/C23H22ClF3N4O/c1-14-4-2-5-19-21(14)31(15-6-7-15)22(32)30(19)13-16-12-17-18(8-9-20(24)28-17)29(16)11-3-10-23(25,26)27/h2,4-5,8-9,12,15H,3,6-7,10-11,13H2,1H3. The Kier molecular flexibility index (Phi) is 5.08. The third-order valence-electron chi connectivity index (χ3n) is 6.07. The van der Waals surface area contributed by atoms with Crippen molar-refractivity contribution < 1.29 is 13.2 Å². The van der Waals surface area contributed by atoms with Crippen molar-refractivity contribution in [3.05, 3.63) is 63.3 Å². The van der Waals surface area contributed by atoms with Crippen LogP contribution in [0.5, 0.6) is 0 Å². The minimum atomic E-state index is -4.21. The fourth-order valence-corrected chi connectivity index (χ4v) is 4.64. The Balaban J connectivity index is 1.61. The van der Waals surface area contributed by atoms with Crippen molar-refractivity contribution in [3.63, 3.8) is 0 Å². The fraction of sp³-hybridized carbons (Fsp3) is 0.391. The van der Waals surface area contributed by atoms with Crippen LogP contribution in [0.2, 0.25) is 5.15 Å². The SMILES string of the molecule is Cc1cccc2c1n(C1CC1)c(=O)n2Cc1cc2nc(Cl)ccc2n1CCCC(F)(F)F. The van der Waals surface area contributed by atoms with Crippen molar-refractivity contribution in [3.8, 4) is 0 Å². The molecule has 168 valence electrons. The predicted octanol–water partition coefficient (Wildman–Crippen LogP) is 5.84. The summed E-state index contributed by atoms with van der Waals surface area (Å²) in [6.07, 6.45) is -3.17. The number of imidazole rings is 1. The van der Waals surface area contributed by atoms with Crippen molar-refractivity contribution in [2.45, 2.75) is 57.9 Å². The summed E-state index contributed by atoms with van der Waals surface area (Å²) in [6.45, 7) is 2.42. The molecule has 3 aromatic heterocycles. The van der Waals surface area contributed by atoms with E-state index >= 15 is 0 Å². The van der Waals surface area contributed by atoms with Gasteiger partial charge in [0.1, 0.15) is 5.15 Å². The minimum Gasteiger partial charge on any atom is -0.342 e. The molecule has 1 fully saturated rings. The van der Waals surface area contributed by atoms with Crippen LogP contribution in [0, 0.1) is 6.92 Å². The first-order chi connectivity index (χ1) is 15.2. The molecule has 4 aromatic rings. The molecule has 0 spiro atoms. The van der Waals surface area contributed by atoms with Crippen LogP contribution in [-0.2, 0) is 13.1 Å². The van der Waals surface area contributed by atoms with E-state index < -0.39 is 12.6 Å². The normalized spacial score (nSPS) is 14.7. The molecule has 0 unspecified atom stereocenters. The van der Waals surface area contributed by atoms with Crippen LogP contribution in [0.25, 0.3) is 22.1 Å². The summed E-state index contributed by atoms with van der Waals surface area (Å²) >= 11 is 6.04. The Morgan fingerprint density at radius 1 is 1.12 bits per heavy atom. The first kappa shape index (κ1) is 21.1. The number of aromatic nitrogens is 4. The van der Waals surface area contributed by atoms with E-state index in [1.165, 1.54) is 0 Å². The monoisotopic (exact) mass is 462 g/mol. The number of hydrogen-bond donors (Lipinski definition) is 0.